The Balaban J connectivity index is 2.23. The maximum Gasteiger partial charge on any atom is 0.101 e. The first-order valence-corrected chi connectivity index (χ1v) is 4.86. The highest BCUT2D eigenvalue weighted by atomic mass is 14.7. The summed E-state index contributed by atoms with van der Waals surface area (Å²) in [5.41, 5.74) is 5.34. The third kappa shape index (κ3) is 1.14. The topological polar surface area (TPSA) is 36.7 Å². The second-order valence-electron chi connectivity index (χ2n) is 3.68. The number of pyridine rings is 1. The lowest BCUT2D eigenvalue weighted by molar-refractivity contribution is 1.22. The Morgan fingerprint density at radius 1 is 1.20 bits per heavy atom. The van der Waals surface area contributed by atoms with Crippen LogP contribution in [-0.2, 0) is 6.42 Å². The summed E-state index contributed by atoms with van der Waals surface area (Å²) in [7, 11) is 0. The van der Waals surface area contributed by atoms with Gasteiger partial charge in [-0.05, 0) is 17.2 Å². The summed E-state index contributed by atoms with van der Waals surface area (Å²) in [6.45, 7) is 0. The molecule has 1 aliphatic carbocycles. The highest BCUT2D eigenvalue weighted by Crippen LogP contribution is 2.34. The third-order valence-electron chi connectivity index (χ3n) is 2.75. The first-order valence-electron chi connectivity index (χ1n) is 4.86. The molecule has 0 aliphatic heterocycles. The molecule has 1 aliphatic rings. The van der Waals surface area contributed by atoms with Crippen LogP contribution in [0.2, 0.25) is 0 Å². The number of rotatable bonds is 0. The van der Waals surface area contributed by atoms with Crippen LogP contribution in [0.15, 0.2) is 36.5 Å². The fourth-order valence-electron chi connectivity index (χ4n) is 2.06. The van der Waals surface area contributed by atoms with Crippen molar-refractivity contribution in [3.05, 3.63) is 53.2 Å². The molecule has 0 saturated carbocycles. The molecule has 0 amide bonds. The van der Waals surface area contributed by atoms with E-state index >= 15 is 0 Å². The Labute approximate surface area is 87.8 Å². The summed E-state index contributed by atoms with van der Waals surface area (Å²) in [6, 6.07) is 12.3. The van der Waals surface area contributed by atoms with Crippen molar-refractivity contribution in [2.45, 2.75) is 6.42 Å². The van der Waals surface area contributed by atoms with Gasteiger partial charge in [-0.1, -0.05) is 24.3 Å². The molecule has 0 N–H and O–H groups in total. The molecule has 15 heavy (non-hydrogen) atoms. The lowest BCUT2D eigenvalue weighted by Crippen LogP contribution is -1.86. The van der Waals surface area contributed by atoms with Crippen LogP contribution in [0.5, 0.6) is 0 Å². The third-order valence-corrected chi connectivity index (χ3v) is 2.75. The summed E-state index contributed by atoms with van der Waals surface area (Å²) in [4.78, 5) is 4.35. The van der Waals surface area contributed by atoms with Crippen molar-refractivity contribution in [2.24, 2.45) is 0 Å². The van der Waals surface area contributed by atoms with E-state index in [0.717, 1.165) is 17.7 Å². The summed E-state index contributed by atoms with van der Waals surface area (Å²) in [5.74, 6) is 0. The van der Waals surface area contributed by atoms with Crippen LogP contribution in [0.1, 0.15) is 16.7 Å². The van der Waals surface area contributed by atoms with Gasteiger partial charge in [-0.15, -0.1) is 0 Å². The molecule has 0 spiro atoms. The van der Waals surface area contributed by atoms with E-state index in [1.807, 2.05) is 18.2 Å². The van der Waals surface area contributed by atoms with Gasteiger partial charge in [-0.25, -0.2) is 0 Å². The van der Waals surface area contributed by atoms with Gasteiger partial charge in [-0.2, -0.15) is 5.26 Å². The van der Waals surface area contributed by atoms with Crippen LogP contribution in [0.3, 0.4) is 0 Å². The van der Waals surface area contributed by atoms with Crippen LogP contribution in [0.25, 0.3) is 11.3 Å². The fraction of sp³-hybridized carbons (Fsp3) is 0.0769. The zero-order valence-electron chi connectivity index (χ0n) is 8.07. The van der Waals surface area contributed by atoms with Crippen molar-refractivity contribution in [3.8, 4) is 17.3 Å². The molecule has 0 atom stereocenters. The Hall–Kier alpha value is -2.14. The van der Waals surface area contributed by atoms with E-state index in [4.69, 9.17) is 5.26 Å². The Bertz CT molecular complexity index is 579. The molecule has 2 aromatic rings. The molecule has 0 bridgehead atoms. The Morgan fingerprint density at radius 2 is 2.07 bits per heavy atom. The molecular weight excluding hydrogens is 184 g/mol. The van der Waals surface area contributed by atoms with Gasteiger partial charge in [0.15, 0.2) is 0 Å². The van der Waals surface area contributed by atoms with Crippen LogP contribution in [0, 0.1) is 11.3 Å². The largest absolute Gasteiger partial charge is 0.255 e. The van der Waals surface area contributed by atoms with E-state index in [9.17, 15) is 0 Å². The average molecular weight is 192 g/mol. The molecule has 70 valence electrons. The van der Waals surface area contributed by atoms with Crippen molar-refractivity contribution in [1.82, 2.24) is 4.98 Å². The van der Waals surface area contributed by atoms with Gasteiger partial charge in [0.25, 0.3) is 0 Å². The molecular formula is C13H8N2. The minimum absolute atomic E-state index is 0.640. The van der Waals surface area contributed by atoms with E-state index in [1.54, 1.807) is 6.20 Å². The highest BCUT2D eigenvalue weighted by Gasteiger charge is 2.18. The molecule has 0 unspecified atom stereocenters. The highest BCUT2D eigenvalue weighted by molar-refractivity contribution is 5.73. The van der Waals surface area contributed by atoms with Crippen molar-refractivity contribution < 1.29 is 0 Å². The molecule has 2 nitrogen and oxygen atoms in total. The van der Waals surface area contributed by atoms with Crippen molar-refractivity contribution in [1.29, 1.82) is 5.26 Å². The SMILES string of the molecule is N#Cc1cnc2c(c1)Cc1ccccc1-2. The van der Waals surface area contributed by atoms with Gasteiger partial charge in [-0.3, -0.25) is 4.98 Å². The molecule has 3 rings (SSSR count). The molecule has 0 fully saturated rings. The fourth-order valence-corrected chi connectivity index (χ4v) is 2.06. The van der Waals surface area contributed by atoms with Crippen molar-refractivity contribution >= 4 is 0 Å². The molecule has 1 aromatic carbocycles. The number of nitrogens with zero attached hydrogens (tertiary/aromatic N) is 2. The van der Waals surface area contributed by atoms with Crippen molar-refractivity contribution in [3.63, 3.8) is 0 Å². The summed E-state index contributed by atoms with van der Waals surface area (Å²) in [5, 5.41) is 8.80. The molecule has 2 heteroatoms. The molecule has 1 aromatic heterocycles. The number of hydrogen-bond donors (Lipinski definition) is 0. The van der Waals surface area contributed by atoms with Crippen LogP contribution in [-0.4, -0.2) is 4.98 Å². The quantitative estimate of drug-likeness (QED) is 0.548. The smallest absolute Gasteiger partial charge is 0.101 e. The van der Waals surface area contributed by atoms with Crippen LogP contribution < -0.4 is 0 Å². The number of benzene rings is 1. The van der Waals surface area contributed by atoms with Gasteiger partial charge >= 0.3 is 0 Å². The average Bonchev–Trinajstić information content (AvgIpc) is 2.66. The van der Waals surface area contributed by atoms with Crippen molar-refractivity contribution in [2.75, 3.05) is 0 Å². The second kappa shape index (κ2) is 2.93. The maximum atomic E-state index is 8.80. The van der Waals surface area contributed by atoms with Gasteiger partial charge in [0.2, 0.25) is 0 Å². The minimum atomic E-state index is 0.640. The normalized spacial score (nSPS) is 11.7. The second-order valence-corrected chi connectivity index (χ2v) is 3.68. The standard InChI is InChI=1S/C13H8N2/c14-7-9-5-11-6-10-3-1-2-4-12(10)13(11)15-8-9/h1-5,8H,6H2. The first-order chi connectivity index (χ1) is 7.38. The van der Waals surface area contributed by atoms with Crippen LogP contribution in [0.4, 0.5) is 0 Å². The van der Waals surface area contributed by atoms with E-state index in [0.29, 0.717) is 5.56 Å². The van der Waals surface area contributed by atoms with Gasteiger partial charge in [0.1, 0.15) is 6.07 Å². The zero-order chi connectivity index (χ0) is 10.3. The number of fused-ring (bicyclic) bond motifs is 3. The molecule has 1 heterocycles. The van der Waals surface area contributed by atoms with E-state index in [2.05, 4.69) is 23.2 Å². The zero-order valence-corrected chi connectivity index (χ0v) is 8.07. The molecule has 0 saturated heterocycles. The maximum absolute atomic E-state index is 8.80. The van der Waals surface area contributed by atoms with E-state index in [-0.39, 0.29) is 0 Å². The van der Waals surface area contributed by atoms with Gasteiger partial charge < -0.3 is 0 Å². The van der Waals surface area contributed by atoms with E-state index in [1.165, 1.54) is 11.1 Å². The van der Waals surface area contributed by atoms with Gasteiger partial charge in [0.05, 0.1) is 11.3 Å². The Morgan fingerprint density at radius 3 is 2.93 bits per heavy atom. The number of aromatic nitrogens is 1. The van der Waals surface area contributed by atoms with E-state index < -0.39 is 0 Å². The minimum Gasteiger partial charge on any atom is -0.255 e. The Kier molecular flexibility index (Phi) is 1.60. The van der Waals surface area contributed by atoms with Gasteiger partial charge in [0, 0.05) is 18.2 Å². The summed E-state index contributed by atoms with van der Waals surface area (Å²) >= 11 is 0. The number of nitriles is 1. The van der Waals surface area contributed by atoms with Crippen LogP contribution >= 0.6 is 0 Å². The lowest BCUT2D eigenvalue weighted by atomic mass is 10.1. The predicted octanol–water partition coefficient (Wildman–Crippen LogP) is 2.52. The number of hydrogen-bond acceptors (Lipinski definition) is 2. The first kappa shape index (κ1) is 8.19. The lowest BCUT2D eigenvalue weighted by Gasteiger charge is -1.98. The summed E-state index contributed by atoms with van der Waals surface area (Å²) < 4.78 is 0. The monoisotopic (exact) mass is 192 g/mol. The summed E-state index contributed by atoms with van der Waals surface area (Å²) in [6.07, 6.45) is 2.54. The predicted molar refractivity (Wildman–Crippen MR) is 57.2 cm³/mol. The molecule has 0 radical (unpaired) electrons.